The number of aryl methyl sites for hydroxylation is 1. The molecule has 26 heavy (non-hydrogen) atoms. The Morgan fingerprint density at radius 2 is 1.88 bits per heavy atom. The molecule has 1 aromatic heterocycles. The van der Waals surface area contributed by atoms with Crippen LogP contribution in [0.1, 0.15) is 30.7 Å². The monoisotopic (exact) mass is 355 g/mol. The number of ether oxygens (including phenoxy) is 1. The fourth-order valence-corrected chi connectivity index (χ4v) is 2.80. The van der Waals surface area contributed by atoms with Gasteiger partial charge in [-0.05, 0) is 48.3 Å². The molecule has 1 saturated heterocycles. The predicted molar refractivity (Wildman–Crippen MR) is 94.6 cm³/mol. The van der Waals surface area contributed by atoms with Crippen molar-refractivity contribution in [1.82, 2.24) is 25.1 Å². The molecule has 0 spiro atoms. The van der Waals surface area contributed by atoms with E-state index in [1.807, 2.05) is 30.3 Å². The lowest BCUT2D eigenvalue weighted by molar-refractivity contribution is -0.148. The van der Waals surface area contributed by atoms with Crippen LogP contribution in [0, 0.1) is 6.92 Å². The summed E-state index contributed by atoms with van der Waals surface area (Å²) < 4.78 is 6.56. The maximum Gasteiger partial charge on any atom is 0.357 e. The predicted octanol–water partition coefficient (Wildman–Crippen LogP) is 1.54. The fraction of sp³-hybridized carbons (Fsp3) is 0.389. The molecule has 8 nitrogen and oxygen atoms in total. The Hall–Kier alpha value is -3.03. The van der Waals surface area contributed by atoms with Crippen LogP contribution in [0.25, 0.3) is 11.8 Å². The van der Waals surface area contributed by atoms with Crippen molar-refractivity contribution in [2.75, 3.05) is 19.7 Å². The van der Waals surface area contributed by atoms with Crippen LogP contribution < -0.4 is 0 Å². The lowest BCUT2D eigenvalue weighted by Gasteiger charge is -2.26. The van der Waals surface area contributed by atoms with Gasteiger partial charge in [-0.1, -0.05) is 30.3 Å². The van der Waals surface area contributed by atoms with Gasteiger partial charge in [0, 0.05) is 13.1 Å². The number of aromatic nitrogens is 4. The van der Waals surface area contributed by atoms with Gasteiger partial charge >= 0.3 is 5.97 Å². The van der Waals surface area contributed by atoms with Gasteiger partial charge in [0.15, 0.2) is 18.1 Å². The van der Waals surface area contributed by atoms with Gasteiger partial charge in [-0.25, -0.2) is 4.79 Å². The highest BCUT2D eigenvalue weighted by molar-refractivity contribution is 6.15. The van der Waals surface area contributed by atoms with Gasteiger partial charge in [0.2, 0.25) is 0 Å². The van der Waals surface area contributed by atoms with E-state index in [2.05, 4.69) is 15.5 Å². The molecule has 3 rings (SSSR count). The van der Waals surface area contributed by atoms with Gasteiger partial charge in [-0.3, -0.25) is 4.79 Å². The first-order valence-electron chi connectivity index (χ1n) is 8.62. The van der Waals surface area contributed by atoms with Crippen LogP contribution >= 0.6 is 0 Å². The number of nitrogens with zero attached hydrogens (tertiary/aromatic N) is 5. The van der Waals surface area contributed by atoms with Crippen LogP contribution in [-0.4, -0.2) is 56.7 Å². The molecule has 1 aliphatic heterocycles. The molecular formula is C18H21N5O3. The van der Waals surface area contributed by atoms with Crippen LogP contribution in [0.4, 0.5) is 0 Å². The number of esters is 1. The minimum absolute atomic E-state index is 0.158. The lowest BCUT2D eigenvalue weighted by Crippen LogP contribution is -2.38. The van der Waals surface area contributed by atoms with E-state index < -0.39 is 5.97 Å². The molecule has 1 aliphatic rings. The molecule has 0 N–H and O–H groups in total. The van der Waals surface area contributed by atoms with E-state index in [4.69, 9.17) is 4.74 Å². The Morgan fingerprint density at radius 1 is 1.15 bits per heavy atom. The summed E-state index contributed by atoms with van der Waals surface area (Å²) in [5.41, 5.74) is 0.960. The van der Waals surface area contributed by atoms with E-state index in [9.17, 15) is 9.59 Å². The Labute approximate surface area is 151 Å². The van der Waals surface area contributed by atoms with Gasteiger partial charge in [0.1, 0.15) is 0 Å². The first-order valence-corrected chi connectivity index (χ1v) is 8.62. The van der Waals surface area contributed by atoms with Crippen molar-refractivity contribution >= 4 is 23.6 Å². The summed E-state index contributed by atoms with van der Waals surface area (Å²) in [6, 6.07) is 9.31. The summed E-state index contributed by atoms with van der Waals surface area (Å²) in [4.78, 5) is 26.6. The number of carbonyl (C=O) groups excluding carboxylic acids is 2. The van der Waals surface area contributed by atoms with Crippen molar-refractivity contribution in [2.24, 2.45) is 0 Å². The molecule has 1 amide bonds. The molecular weight excluding hydrogens is 334 g/mol. The normalized spacial score (nSPS) is 15.0. The Kier molecular flexibility index (Phi) is 5.73. The minimum atomic E-state index is -0.644. The first kappa shape index (κ1) is 17.8. The Bertz CT molecular complexity index is 794. The molecule has 2 aromatic rings. The number of piperidine rings is 1. The van der Waals surface area contributed by atoms with E-state index >= 15 is 0 Å². The summed E-state index contributed by atoms with van der Waals surface area (Å²) >= 11 is 0. The molecule has 0 bridgehead atoms. The lowest BCUT2D eigenvalue weighted by atomic mass is 10.1. The number of hydrogen-bond donors (Lipinski definition) is 0. The van der Waals surface area contributed by atoms with Gasteiger partial charge in [0.05, 0.1) is 0 Å². The van der Waals surface area contributed by atoms with Crippen molar-refractivity contribution in [3.8, 4) is 0 Å². The number of benzene rings is 1. The average molecular weight is 355 g/mol. The van der Waals surface area contributed by atoms with Crippen LogP contribution in [0.15, 0.2) is 30.3 Å². The van der Waals surface area contributed by atoms with Gasteiger partial charge in [-0.15, -0.1) is 5.10 Å². The highest BCUT2D eigenvalue weighted by Crippen LogP contribution is 2.14. The smallest absolute Gasteiger partial charge is 0.357 e. The van der Waals surface area contributed by atoms with E-state index in [1.54, 1.807) is 17.9 Å². The zero-order valence-electron chi connectivity index (χ0n) is 14.7. The third-order valence-electron chi connectivity index (χ3n) is 4.20. The molecule has 2 heterocycles. The summed E-state index contributed by atoms with van der Waals surface area (Å²) in [6.45, 7) is 2.83. The van der Waals surface area contributed by atoms with E-state index in [0.29, 0.717) is 5.82 Å². The van der Waals surface area contributed by atoms with E-state index in [-0.39, 0.29) is 18.2 Å². The summed E-state index contributed by atoms with van der Waals surface area (Å²) in [5.74, 6) is -0.369. The SMILES string of the molecule is Cc1nnnn1/C(=C\c1ccccc1)C(=O)OCC(=O)N1CCCCC1. The van der Waals surface area contributed by atoms with Crippen LogP contribution in [0.2, 0.25) is 0 Å². The average Bonchev–Trinajstić information content (AvgIpc) is 3.11. The topological polar surface area (TPSA) is 90.2 Å². The summed E-state index contributed by atoms with van der Waals surface area (Å²) in [5, 5.41) is 11.2. The Balaban J connectivity index is 1.74. The van der Waals surface area contributed by atoms with Crippen molar-refractivity contribution in [3.63, 3.8) is 0 Å². The molecule has 0 aliphatic carbocycles. The molecule has 0 unspecified atom stereocenters. The van der Waals surface area contributed by atoms with Gasteiger partial charge in [-0.2, -0.15) is 4.68 Å². The molecule has 1 fully saturated rings. The molecule has 0 atom stereocenters. The third-order valence-corrected chi connectivity index (χ3v) is 4.20. The fourth-order valence-electron chi connectivity index (χ4n) is 2.80. The number of likely N-dealkylation sites (tertiary alicyclic amines) is 1. The second-order valence-electron chi connectivity index (χ2n) is 6.10. The quantitative estimate of drug-likeness (QED) is 0.597. The maximum absolute atomic E-state index is 12.6. The highest BCUT2D eigenvalue weighted by Gasteiger charge is 2.21. The van der Waals surface area contributed by atoms with Crippen molar-refractivity contribution < 1.29 is 14.3 Å². The molecule has 136 valence electrons. The van der Waals surface area contributed by atoms with Gasteiger partial charge in [0.25, 0.3) is 5.91 Å². The third kappa shape index (κ3) is 4.33. The minimum Gasteiger partial charge on any atom is -0.451 e. The van der Waals surface area contributed by atoms with Crippen LogP contribution in [0.5, 0.6) is 0 Å². The van der Waals surface area contributed by atoms with Crippen molar-refractivity contribution in [1.29, 1.82) is 0 Å². The Morgan fingerprint density at radius 3 is 2.54 bits per heavy atom. The largest absolute Gasteiger partial charge is 0.451 e. The highest BCUT2D eigenvalue weighted by atomic mass is 16.5. The summed E-state index contributed by atoms with van der Waals surface area (Å²) in [7, 11) is 0. The second-order valence-corrected chi connectivity index (χ2v) is 6.10. The number of rotatable bonds is 5. The molecule has 1 aromatic carbocycles. The zero-order chi connectivity index (χ0) is 18.4. The number of amides is 1. The maximum atomic E-state index is 12.6. The molecule has 8 heteroatoms. The number of tetrazole rings is 1. The first-order chi connectivity index (χ1) is 12.6. The van der Waals surface area contributed by atoms with Crippen molar-refractivity contribution in [2.45, 2.75) is 26.2 Å². The van der Waals surface area contributed by atoms with Gasteiger partial charge < -0.3 is 9.64 Å². The number of hydrogen-bond acceptors (Lipinski definition) is 6. The van der Waals surface area contributed by atoms with Crippen LogP contribution in [-0.2, 0) is 14.3 Å². The second kappa shape index (κ2) is 8.37. The van der Waals surface area contributed by atoms with E-state index in [1.165, 1.54) is 4.68 Å². The number of carbonyl (C=O) groups is 2. The molecule has 0 radical (unpaired) electrons. The molecule has 0 saturated carbocycles. The van der Waals surface area contributed by atoms with Crippen molar-refractivity contribution in [3.05, 3.63) is 41.7 Å². The zero-order valence-corrected chi connectivity index (χ0v) is 14.7. The van der Waals surface area contributed by atoms with Crippen LogP contribution in [0.3, 0.4) is 0 Å². The summed E-state index contributed by atoms with van der Waals surface area (Å²) in [6.07, 6.45) is 4.74. The standard InChI is InChI=1S/C18H21N5O3/c1-14-19-20-21-23(14)16(12-15-8-4-2-5-9-15)18(25)26-13-17(24)22-10-6-3-7-11-22/h2,4-5,8-9,12H,3,6-7,10-11,13H2,1H3/b16-12-. The van der Waals surface area contributed by atoms with E-state index in [0.717, 1.165) is 37.9 Å².